The number of rotatable bonds is 5. The minimum atomic E-state index is -0.0692. The maximum Gasteiger partial charge on any atom is 0.223 e. The Morgan fingerprint density at radius 3 is 2.73 bits per heavy atom. The molecule has 0 spiro atoms. The van der Waals surface area contributed by atoms with Gasteiger partial charge in [0, 0.05) is 48.5 Å². The number of aromatic nitrogens is 2. The van der Waals surface area contributed by atoms with Crippen molar-refractivity contribution in [2.45, 2.75) is 59.5 Å². The van der Waals surface area contributed by atoms with Gasteiger partial charge in [-0.15, -0.1) is 11.3 Å². The number of carbonyl (C=O) groups excluding carboxylic acids is 1. The van der Waals surface area contributed by atoms with Gasteiger partial charge in [-0.05, 0) is 63.6 Å². The Morgan fingerprint density at radius 2 is 2.04 bits per heavy atom. The lowest BCUT2D eigenvalue weighted by Crippen LogP contribution is -2.41. The van der Waals surface area contributed by atoms with Crippen molar-refractivity contribution in [1.82, 2.24) is 14.9 Å². The normalized spacial score (nSPS) is 20.9. The molecule has 0 bridgehead atoms. The van der Waals surface area contributed by atoms with Gasteiger partial charge in [0.15, 0.2) is 5.13 Å². The molecule has 1 N–H and O–H groups in total. The predicted molar refractivity (Wildman–Crippen MR) is 106 cm³/mol. The summed E-state index contributed by atoms with van der Waals surface area (Å²) in [6.45, 7) is 9.98. The van der Waals surface area contributed by atoms with Gasteiger partial charge in [0.25, 0.3) is 0 Å². The number of pyridine rings is 1. The van der Waals surface area contributed by atoms with Crippen molar-refractivity contribution in [1.29, 1.82) is 0 Å². The Kier molecular flexibility index (Phi) is 6.04. The van der Waals surface area contributed by atoms with Crippen LogP contribution in [-0.4, -0.2) is 33.4 Å². The van der Waals surface area contributed by atoms with Crippen LogP contribution < -0.4 is 5.32 Å². The van der Waals surface area contributed by atoms with Crippen LogP contribution in [0.15, 0.2) is 18.3 Å². The van der Waals surface area contributed by atoms with Crippen LogP contribution in [0.3, 0.4) is 0 Å². The number of hydrogen-bond donors (Lipinski definition) is 1. The molecule has 1 amide bonds. The lowest BCUT2D eigenvalue weighted by atomic mass is 9.88. The van der Waals surface area contributed by atoms with E-state index in [0.29, 0.717) is 17.1 Å². The average Bonchev–Trinajstić information content (AvgIpc) is 2.96. The molecular formula is C20H28N4OS. The summed E-state index contributed by atoms with van der Waals surface area (Å²) in [4.78, 5) is 23.7. The van der Waals surface area contributed by atoms with Gasteiger partial charge in [0.1, 0.15) is 0 Å². The van der Waals surface area contributed by atoms with Crippen molar-refractivity contribution in [3.63, 3.8) is 0 Å². The molecule has 1 fully saturated rings. The zero-order chi connectivity index (χ0) is 18.7. The van der Waals surface area contributed by atoms with E-state index in [0.717, 1.165) is 30.9 Å². The zero-order valence-electron chi connectivity index (χ0n) is 16.1. The van der Waals surface area contributed by atoms with Crippen LogP contribution >= 0.6 is 11.3 Å². The first-order valence-corrected chi connectivity index (χ1v) is 10.1. The molecule has 0 unspecified atom stereocenters. The standard InChI is InChI=1S/C20H28N4OS/c1-13-7-18(8-14(2)22-13)9-17-6-5-15(3)24(11-17)12-19-10-21-20(26-19)23-16(4)25/h7-8,10,15,17H,5-6,9,11-12H2,1-4H3,(H,21,23,25)/t15-,17-/m1/s1. The predicted octanol–water partition coefficient (Wildman–Crippen LogP) is 3.96. The van der Waals surface area contributed by atoms with Gasteiger partial charge in [0.05, 0.1) is 0 Å². The van der Waals surface area contributed by atoms with Crippen LogP contribution in [-0.2, 0) is 17.8 Å². The molecule has 0 aromatic carbocycles. The molecule has 26 heavy (non-hydrogen) atoms. The van der Waals surface area contributed by atoms with Gasteiger partial charge in [0.2, 0.25) is 5.91 Å². The quantitative estimate of drug-likeness (QED) is 0.863. The summed E-state index contributed by atoms with van der Waals surface area (Å²) in [6.07, 6.45) is 5.51. The monoisotopic (exact) mass is 372 g/mol. The Hall–Kier alpha value is -1.79. The lowest BCUT2D eigenvalue weighted by molar-refractivity contribution is -0.114. The number of piperidine rings is 1. The molecule has 1 saturated heterocycles. The van der Waals surface area contributed by atoms with Crippen LogP contribution in [0.4, 0.5) is 5.13 Å². The first-order valence-electron chi connectivity index (χ1n) is 9.29. The van der Waals surface area contributed by atoms with Gasteiger partial charge < -0.3 is 5.32 Å². The van der Waals surface area contributed by atoms with E-state index in [9.17, 15) is 4.79 Å². The van der Waals surface area contributed by atoms with Crippen LogP contribution in [0.2, 0.25) is 0 Å². The van der Waals surface area contributed by atoms with E-state index in [1.807, 2.05) is 6.20 Å². The summed E-state index contributed by atoms with van der Waals surface area (Å²) in [5.74, 6) is 0.607. The topological polar surface area (TPSA) is 58.1 Å². The zero-order valence-corrected chi connectivity index (χ0v) is 16.9. The van der Waals surface area contributed by atoms with E-state index in [2.05, 4.69) is 53.1 Å². The number of aryl methyl sites for hydroxylation is 2. The molecule has 1 aliphatic rings. The van der Waals surface area contributed by atoms with Crippen LogP contribution in [0, 0.1) is 19.8 Å². The molecular weight excluding hydrogens is 344 g/mol. The minimum absolute atomic E-state index is 0.0692. The molecule has 2 aromatic heterocycles. The second-order valence-electron chi connectivity index (χ2n) is 7.50. The Balaban J connectivity index is 1.62. The summed E-state index contributed by atoms with van der Waals surface area (Å²) >= 11 is 1.57. The third-order valence-corrected chi connectivity index (χ3v) is 5.87. The number of hydrogen-bond acceptors (Lipinski definition) is 5. The van der Waals surface area contributed by atoms with Crippen molar-refractivity contribution >= 4 is 22.4 Å². The number of likely N-dealkylation sites (tertiary alicyclic amines) is 1. The SMILES string of the molecule is CC(=O)Nc1ncc(CN2C[C@@H](Cc3cc(C)nc(C)c3)CC[C@H]2C)s1. The minimum Gasteiger partial charge on any atom is -0.302 e. The number of thiazole rings is 1. The van der Waals surface area contributed by atoms with Gasteiger partial charge in [-0.2, -0.15) is 0 Å². The highest BCUT2D eigenvalue weighted by Gasteiger charge is 2.26. The van der Waals surface area contributed by atoms with Crippen LogP contribution in [0.25, 0.3) is 0 Å². The van der Waals surface area contributed by atoms with Crippen LogP contribution in [0.1, 0.15) is 48.5 Å². The van der Waals surface area contributed by atoms with Crippen molar-refractivity contribution in [2.24, 2.45) is 5.92 Å². The van der Waals surface area contributed by atoms with E-state index in [4.69, 9.17) is 0 Å². The fourth-order valence-corrected chi connectivity index (χ4v) is 4.69. The number of carbonyl (C=O) groups is 1. The lowest BCUT2D eigenvalue weighted by Gasteiger charge is -2.38. The molecule has 0 aliphatic carbocycles. The summed E-state index contributed by atoms with van der Waals surface area (Å²) in [5.41, 5.74) is 3.62. The van der Waals surface area contributed by atoms with Gasteiger partial charge >= 0.3 is 0 Å². The molecule has 2 aromatic rings. The third kappa shape index (κ3) is 5.11. The second-order valence-corrected chi connectivity index (χ2v) is 8.61. The fourth-order valence-electron chi connectivity index (χ4n) is 3.81. The molecule has 2 atom stereocenters. The number of nitrogens with zero attached hydrogens (tertiary/aromatic N) is 3. The molecule has 0 saturated carbocycles. The summed E-state index contributed by atoms with van der Waals surface area (Å²) in [5, 5.41) is 3.46. The van der Waals surface area contributed by atoms with E-state index in [-0.39, 0.29) is 5.91 Å². The van der Waals surface area contributed by atoms with E-state index in [1.54, 1.807) is 11.3 Å². The van der Waals surface area contributed by atoms with Crippen LogP contribution in [0.5, 0.6) is 0 Å². The molecule has 1 aliphatic heterocycles. The van der Waals surface area contributed by atoms with E-state index >= 15 is 0 Å². The first-order chi connectivity index (χ1) is 12.4. The number of nitrogens with one attached hydrogen (secondary N) is 1. The van der Waals surface area contributed by atoms with Crippen molar-refractivity contribution in [2.75, 3.05) is 11.9 Å². The van der Waals surface area contributed by atoms with Gasteiger partial charge in [-0.1, -0.05) is 0 Å². The molecule has 3 heterocycles. The Bertz CT molecular complexity index is 753. The fraction of sp³-hybridized carbons (Fsp3) is 0.550. The highest BCUT2D eigenvalue weighted by Crippen LogP contribution is 2.28. The molecule has 3 rings (SSSR count). The second kappa shape index (κ2) is 8.27. The number of anilines is 1. The number of amides is 1. The first kappa shape index (κ1) is 19.0. The molecule has 140 valence electrons. The van der Waals surface area contributed by atoms with Gasteiger partial charge in [-0.3, -0.25) is 14.7 Å². The maximum atomic E-state index is 11.2. The maximum absolute atomic E-state index is 11.2. The summed E-state index contributed by atoms with van der Waals surface area (Å²) in [6, 6.07) is 5.02. The van der Waals surface area contributed by atoms with Crippen molar-refractivity contribution < 1.29 is 4.79 Å². The highest BCUT2D eigenvalue weighted by atomic mass is 32.1. The Morgan fingerprint density at radius 1 is 1.31 bits per heavy atom. The summed E-state index contributed by atoms with van der Waals surface area (Å²) < 4.78 is 0. The van der Waals surface area contributed by atoms with Crippen molar-refractivity contribution in [3.05, 3.63) is 40.2 Å². The molecule has 5 nitrogen and oxygen atoms in total. The van der Waals surface area contributed by atoms with Crippen molar-refractivity contribution in [3.8, 4) is 0 Å². The smallest absolute Gasteiger partial charge is 0.223 e. The van der Waals surface area contributed by atoms with Gasteiger partial charge in [-0.25, -0.2) is 4.98 Å². The van der Waals surface area contributed by atoms with E-state index in [1.165, 1.54) is 30.2 Å². The Labute approximate surface area is 159 Å². The third-order valence-electron chi connectivity index (χ3n) is 4.97. The van der Waals surface area contributed by atoms with E-state index < -0.39 is 0 Å². The largest absolute Gasteiger partial charge is 0.302 e. The average molecular weight is 373 g/mol. The molecule has 0 radical (unpaired) electrons. The highest BCUT2D eigenvalue weighted by molar-refractivity contribution is 7.15. The summed E-state index contributed by atoms with van der Waals surface area (Å²) in [7, 11) is 0. The molecule has 6 heteroatoms.